The summed E-state index contributed by atoms with van der Waals surface area (Å²) in [6, 6.07) is 0. The van der Waals surface area contributed by atoms with Gasteiger partial charge in [0.2, 0.25) is 0 Å². The summed E-state index contributed by atoms with van der Waals surface area (Å²) in [6.45, 7) is 14.9. The van der Waals surface area contributed by atoms with Crippen molar-refractivity contribution in [2.45, 2.75) is 129 Å². The largest absolute Gasteiger partial charge is 0.396 e. The summed E-state index contributed by atoms with van der Waals surface area (Å²) in [7, 11) is 0. The van der Waals surface area contributed by atoms with Crippen LogP contribution in [0.5, 0.6) is 0 Å². The molecule has 0 aliphatic heterocycles. The van der Waals surface area contributed by atoms with Crippen LogP contribution in [-0.2, 0) is 14.2 Å². The Balaban J connectivity index is 1.69. The number of fused-ring (bicyclic) bond motifs is 5. The molecule has 4 fully saturated rings. The minimum Gasteiger partial charge on any atom is -0.396 e. The van der Waals surface area contributed by atoms with E-state index in [9.17, 15) is 5.11 Å². The lowest BCUT2D eigenvalue weighted by molar-refractivity contribution is -0.185. The van der Waals surface area contributed by atoms with E-state index in [4.69, 9.17) is 31.4 Å². The highest BCUT2D eigenvalue weighted by molar-refractivity contribution is 5.15. The van der Waals surface area contributed by atoms with Crippen molar-refractivity contribution in [3.8, 4) is 0 Å². The molecule has 0 aromatic carbocycles. The third-order valence-electron chi connectivity index (χ3n) is 13.2. The molecule has 0 bridgehead atoms. The zero-order chi connectivity index (χ0) is 30.4. The normalized spacial score (nSPS) is 42.4. The summed E-state index contributed by atoms with van der Waals surface area (Å²) in [5, 5.41) is 9.62. The van der Waals surface area contributed by atoms with Gasteiger partial charge in [0, 0.05) is 26.4 Å². The number of rotatable bonds is 16. The van der Waals surface area contributed by atoms with Gasteiger partial charge in [-0.15, -0.1) is 0 Å². The van der Waals surface area contributed by atoms with Crippen molar-refractivity contribution in [1.82, 2.24) is 0 Å². The van der Waals surface area contributed by atoms with E-state index in [2.05, 4.69) is 27.7 Å². The molecule has 0 aromatic rings. The molecule has 2 unspecified atom stereocenters. The van der Waals surface area contributed by atoms with Crippen molar-refractivity contribution >= 4 is 0 Å². The Morgan fingerprint density at radius 3 is 2.02 bits per heavy atom. The fourth-order valence-electron chi connectivity index (χ4n) is 10.9. The molecule has 0 radical (unpaired) electrons. The SMILES string of the molecule is C[C@H](CCCO)[C@H]1CC[C@H]2[C@H]3CC(OCCCN)C[C@]4(C)CC(OCCCN)CC[C@]4(C)[C@H]3C[C@H](OCCCN)[C@]12C. The molecule has 4 saturated carbocycles. The zero-order valence-electron chi connectivity index (χ0n) is 27.7. The summed E-state index contributed by atoms with van der Waals surface area (Å²) in [5.41, 5.74) is 18.1. The first-order chi connectivity index (χ1) is 20.2. The fraction of sp³-hybridized carbons (Fsp3) is 1.00. The molecule has 42 heavy (non-hydrogen) atoms. The van der Waals surface area contributed by atoms with Crippen LogP contribution in [0, 0.1) is 45.8 Å². The molecular weight excluding hydrogens is 526 g/mol. The molecule has 4 rings (SSSR count). The molecule has 0 saturated heterocycles. The maximum absolute atomic E-state index is 9.62. The highest BCUT2D eigenvalue weighted by Gasteiger charge is 2.66. The van der Waals surface area contributed by atoms with Gasteiger partial charge in [-0.3, -0.25) is 0 Å². The van der Waals surface area contributed by atoms with E-state index in [-0.39, 0.29) is 35.1 Å². The second-order valence-corrected chi connectivity index (χ2v) is 15.4. The molecule has 0 aromatic heterocycles. The van der Waals surface area contributed by atoms with Crippen molar-refractivity contribution < 1.29 is 19.3 Å². The van der Waals surface area contributed by atoms with E-state index in [1.165, 1.54) is 19.3 Å². The Kier molecular flexibility index (Phi) is 12.6. The van der Waals surface area contributed by atoms with E-state index < -0.39 is 0 Å². The molecule has 0 heterocycles. The topological polar surface area (TPSA) is 126 Å². The van der Waals surface area contributed by atoms with Gasteiger partial charge >= 0.3 is 0 Å². The van der Waals surface area contributed by atoms with Crippen LogP contribution in [0.2, 0.25) is 0 Å². The van der Waals surface area contributed by atoms with E-state index in [1.54, 1.807) is 0 Å². The lowest BCUT2D eigenvalue weighted by Gasteiger charge is -2.62. The number of hydrogen-bond acceptors (Lipinski definition) is 7. The molecule has 0 spiro atoms. The van der Waals surface area contributed by atoms with Gasteiger partial charge in [0.05, 0.1) is 18.3 Å². The number of aliphatic hydroxyl groups is 1. The monoisotopic (exact) mass is 594 g/mol. The van der Waals surface area contributed by atoms with Gasteiger partial charge in [0.25, 0.3) is 0 Å². The minimum absolute atomic E-state index is 0.145. The van der Waals surface area contributed by atoms with Crippen LogP contribution < -0.4 is 17.2 Å². The first kappa shape index (κ1) is 34.6. The van der Waals surface area contributed by atoms with E-state index in [0.29, 0.717) is 55.3 Å². The first-order valence-corrected chi connectivity index (χ1v) is 17.7. The van der Waals surface area contributed by atoms with Crippen molar-refractivity contribution in [3.05, 3.63) is 0 Å². The van der Waals surface area contributed by atoms with Crippen molar-refractivity contribution in [1.29, 1.82) is 0 Å². The second kappa shape index (κ2) is 15.3. The summed E-state index contributed by atoms with van der Waals surface area (Å²) < 4.78 is 20.2. The molecule has 4 aliphatic carbocycles. The first-order valence-electron chi connectivity index (χ1n) is 17.7. The van der Waals surface area contributed by atoms with Gasteiger partial charge in [0.1, 0.15) is 0 Å². The highest BCUT2D eigenvalue weighted by Crippen LogP contribution is 2.70. The van der Waals surface area contributed by atoms with Crippen LogP contribution in [0.15, 0.2) is 0 Å². The molecule has 246 valence electrons. The number of nitrogens with two attached hydrogens (primary N) is 3. The lowest BCUT2D eigenvalue weighted by Crippen LogP contribution is -2.58. The maximum Gasteiger partial charge on any atom is 0.0637 e. The second-order valence-electron chi connectivity index (χ2n) is 15.4. The molecular formula is C35H67N3O4. The molecule has 7 nitrogen and oxygen atoms in total. The molecule has 11 atom stereocenters. The Labute approximate surface area is 257 Å². The van der Waals surface area contributed by atoms with Crippen LogP contribution in [0.25, 0.3) is 0 Å². The third-order valence-corrected chi connectivity index (χ3v) is 13.2. The quantitative estimate of drug-likeness (QED) is 0.180. The van der Waals surface area contributed by atoms with Gasteiger partial charge in [-0.2, -0.15) is 0 Å². The van der Waals surface area contributed by atoms with E-state index >= 15 is 0 Å². The number of aliphatic hydroxyl groups excluding tert-OH is 1. The van der Waals surface area contributed by atoms with E-state index in [1.807, 2.05) is 0 Å². The summed E-state index contributed by atoms with van der Waals surface area (Å²) in [4.78, 5) is 0. The highest BCUT2D eigenvalue weighted by atomic mass is 16.5. The van der Waals surface area contributed by atoms with Gasteiger partial charge in [-0.1, -0.05) is 27.7 Å². The predicted molar refractivity (Wildman–Crippen MR) is 171 cm³/mol. The fourth-order valence-corrected chi connectivity index (χ4v) is 10.9. The predicted octanol–water partition coefficient (Wildman–Crippen LogP) is 5.26. The third kappa shape index (κ3) is 6.93. The van der Waals surface area contributed by atoms with Crippen molar-refractivity contribution in [2.75, 3.05) is 46.1 Å². The summed E-state index contributed by atoms with van der Waals surface area (Å²) >= 11 is 0. The van der Waals surface area contributed by atoms with Gasteiger partial charge < -0.3 is 36.5 Å². The molecule has 7 N–H and O–H groups in total. The molecule has 0 amide bonds. The Morgan fingerprint density at radius 2 is 1.38 bits per heavy atom. The number of hydrogen-bond donors (Lipinski definition) is 4. The lowest BCUT2D eigenvalue weighted by atomic mass is 9.44. The summed E-state index contributed by atoms with van der Waals surface area (Å²) in [6.07, 6.45) is 15.0. The van der Waals surface area contributed by atoms with Gasteiger partial charge in [0.15, 0.2) is 0 Å². The van der Waals surface area contributed by atoms with Crippen LogP contribution in [-0.4, -0.2) is 69.5 Å². The zero-order valence-corrected chi connectivity index (χ0v) is 27.7. The average Bonchev–Trinajstić information content (AvgIpc) is 3.29. The minimum atomic E-state index is 0.145. The van der Waals surface area contributed by atoms with E-state index in [0.717, 1.165) is 84.0 Å². The van der Waals surface area contributed by atoms with Crippen LogP contribution in [0.4, 0.5) is 0 Å². The summed E-state index contributed by atoms with van der Waals surface area (Å²) in [5.74, 6) is 3.11. The maximum atomic E-state index is 9.62. The Bertz CT molecular complexity index is 817. The average molecular weight is 594 g/mol. The van der Waals surface area contributed by atoms with Gasteiger partial charge in [-0.05, 0) is 149 Å². The van der Waals surface area contributed by atoms with Crippen molar-refractivity contribution in [3.63, 3.8) is 0 Å². The molecule has 4 aliphatic rings. The Hall–Kier alpha value is -0.280. The van der Waals surface area contributed by atoms with Gasteiger partial charge in [-0.25, -0.2) is 0 Å². The molecule has 7 heteroatoms. The Morgan fingerprint density at radius 1 is 0.762 bits per heavy atom. The van der Waals surface area contributed by atoms with Crippen LogP contribution in [0.3, 0.4) is 0 Å². The standard InChI is InChI=1S/C35H67N3O4/c1-25(9-5-17-39)29-10-11-30-28-21-27(41-19-7-15-37)24-33(2)23-26(40-18-6-14-36)12-13-34(33,3)31(28)22-32(35(29,30)4)42-20-8-16-38/h25-32,39H,5-24,36-38H2,1-4H3/t25-,26?,27?,28-,29-,30+,31+,32+,33+,34-,35-/m1/s1. The van der Waals surface area contributed by atoms with Crippen molar-refractivity contribution in [2.24, 2.45) is 63.0 Å². The number of ether oxygens (including phenoxy) is 3. The van der Waals surface area contributed by atoms with Crippen LogP contribution >= 0.6 is 0 Å². The smallest absolute Gasteiger partial charge is 0.0637 e. The van der Waals surface area contributed by atoms with Crippen LogP contribution in [0.1, 0.15) is 111 Å².